The Bertz CT molecular complexity index is 590. The first-order valence-electron chi connectivity index (χ1n) is 9.30. The molecule has 0 unspecified atom stereocenters. The van der Waals surface area contributed by atoms with Gasteiger partial charge >= 0.3 is 15.5 Å². The second-order valence-electron chi connectivity index (χ2n) is 6.80. The summed E-state index contributed by atoms with van der Waals surface area (Å²) in [5.74, 6) is 0.577. The first-order valence-corrected chi connectivity index (χ1v) is 10.7. The van der Waals surface area contributed by atoms with Crippen molar-refractivity contribution in [3.05, 3.63) is 0 Å². The molecule has 0 atom stereocenters. The third-order valence-corrected chi connectivity index (χ3v) is 6.59. The molecule has 1 aliphatic heterocycles. The summed E-state index contributed by atoms with van der Waals surface area (Å²) in [5, 5.41) is 16.5. The van der Waals surface area contributed by atoms with Gasteiger partial charge in [0.15, 0.2) is 5.96 Å². The van der Waals surface area contributed by atoms with Gasteiger partial charge in [0.1, 0.15) is 0 Å². The normalized spacial score (nSPS) is 17.9. The van der Waals surface area contributed by atoms with Gasteiger partial charge in [-0.15, -0.1) is 24.0 Å². The Labute approximate surface area is 182 Å². The largest absolute Gasteiger partial charge is 0.511 e. The average molecular weight is 544 g/mol. The molecule has 28 heavy (non-hydrogen) atoms. The Balaban J connectivity index is 0.00000729. The van der Waals surface area contributed by atoms with Crippen LogP contribution in [-0.4, -0.2) is 67.6 Å². The average Bonchev–Trinajstić information content (AvgIpc) is 2.63. The highest BCUT2D eigenvalue weighted by molar-refractivity contribution is 14.0. The van der Waals surface area contributed by atoms with E-state index in [2.05, 4.69) is 15.6 Å². The Kier molecular flexibility index (Phi) is 11.6. The van der Waals surface area contributed by atoms with E-state index in [1.807, 2.05) is 20.8 Å². The number of rotatable bonds is 8. The van der Waals surface area contributed by atoms with Crippen molar-refractivity contribution >= 4 is 40.0 Å². The second-order valence-corrected chi connectivity index (χ2v) is 8.73. The molecule has 1 saturated heterocycles. The van der Waals surface area contributed by atoms with Gasteiger partial charge < -0.3 is 15.7 Å². The number of sulfonamides is 1. The van der Waals surface area contributed by atoms with E-state index in [-0.39, 0.29) is 49.5 Å². The van der Waals surface area contributed by atoms with E-state index < -0.39 is 21.1 Å². The highest BCUT2D eigenvalue weighted by Crippen LogP contribution is 2.30. The highest BCUT2D eigenvalue weighted by atomic mass is 127. The van der Waals surface area contributed by atoms with Crippen LogP contribution in [-0.2, 0) is 10.0 Å². The maximum atomic E-state index is 12.6. The lowest BCUT2D eigenvalue weighted by Crippen LogP contribution is -2.47. The summed E-state index contributed by atoms with van der Waals surface area (Å²) in [6.07, 6.45) is 1.85. The van der Waals surface area contributed by atoms with Crippen molar-refractivity contribution < 1.29 is 26.7 Å². The van der Waals surface area contributed by atoms with Crippen LogP contribution in [0, 0.1) is 5.92 Å². The van der Waals surface area contributed by atoms with E-state index in [0.29, 0.717) is 49.0 Å². The number of hydrogen-bond acceptors (Lipinski definition) is 4. The predicted molar refractivity (Wildman–Crippen MR) is 114 cm³/mol. The monoisotopic (exact) mass is 544 g/mol. The van der Waals surface area contributed by atoms with Crippen LogP contribution in [0.1, 0.15) is 46.5 Å². The summed E-state index contributed by atoms with van der Waals surface area (Å²) in [6, 6.07) is 0. The Hall–Kier alpha value is -0.340. The van der Waals surface area contributed by atoms with E-state index >= 15 is 0 Å². The van der Waals surface area contributed by atoms with Gasteiger partial charge in [0.25, 0.3) is 0 Å². The second kappa shape index (κ2) is 11.7. The van der Waals surface area contributed by atoms with E-state index in [9.17, 15) is 26.7 Å². The molecule has 1 aliphatic rings. The van der Waals surface area contributed by atoms with Crippen LogP contribution in [0.15, 0.2) is 4.99 Å². The van der Waals surface area contributed by atoms with Crippen molar-refractivity contribution in [2.75, 3.05) is 32.7 Å². The van der Waals surface area contributed by atoms with Crippen LogP contribution in [0.4, 0.5) is 13.2 Å². The standard InChI is InChI=1S/C16H31F3N4O3S.HI/c1-4-15(24,5-2)12-22-14(20-6-3)21-11-13-7-9-23(10-8-13)27(25,26)16(17,18)19;/h13,24H,4-12H2,1-3H3,(H2,20,21,22);1H. The zero-order valence-electron chi connectivity index (χ0n) is 16.5. The molecule has 0 aromatic rings. The summed E-state index contributed by atoms with van der Waals surface area (Å²) in [6.45, 7) is 6.75. The lowest BCUT2D eigenvalue weighted by Gasteiger charge is -2.32. The molecule has 3 N–H and O–H groups in total. The van der Waals surface area contributed by atoms with E-state index in [4.69, 9.17) is 0 Å². The molecule has 0 aromatic carbocycles. The molecule has 7 nitrogen and oxygen atoms in total. The van der Waals surface area contributed by atoms with Gasteiger partial charge in [-0.05, 0) is 38.5 Å². The molecule has 1 heterocycles. The van der Waals surface area contributed by atoms with Gasteiger partial charge in [-0.3, -0.25) is 4.99 Å². The molecule has 168 valence electrons. The third kappa shape index (κ3) is 7.82. The molecule has 12 heteroatoms. The lowest BCUT2D eigenvalue weighted by atomic mass is 9.98. The molecule has 0 spiro atoms. The van der Waals surface area contributed by atoms with Gasteiger partial charge in [0.2, 0.25) is 0 Å². The number of nitrogens with zero attached hydrogens (tertiary/aromatic N) is 2. The molecular weight excluding hydrogens is 512 g/mol. The fourth-order valence-electron chi connectivity index (χ4n) is 2.78. The zero-order chi connectivity index (χ0) is 20.7. The molecule has 0 bridgehead atoms. The molecule has 0 saturated carbocycles. The van der Waals surface area contributed by atoms with Gasteiger partial charge in [0.05, 0.1) is 12.1 Å². The number of piperidine rings is 1. The molecule has 0 aliphatic carbocycles. The van der Waals surface area contributed by atoms with Crippen LogP contribution < -0.4 is 10.6 Å². The minimum Gasteiger partial charge on any atom is -0.388 e. The first kappa shape index (κ1) is 27.7. The predicted octanol–water partition coefficient (Wildman–Crippen LogP) is 2.27. The summed E-state index contributed by atoms with van der Waals surface area (Å²) >= 11 is 0. The fourth-order valence-corrected chi connectivity index (χ4v) is 3.77. The smallest absolute Gasteiger partial charge is 0.388 e. The number of guanidine groups is 1. The number of aliphatic hydroxyl groups is 1. The van der Waals surface area contributed by atoms with Gasteiger partial charge in [0, 0.05) is 26.2 Å². The van der Waals surface area contributed by atoms with E-state index in [0.717, 1.165) is 0 Å². The number of nitrogens with one attached hydrogen (secondary N) is 2. The van der Waals surface area contributed by atoms with Crippen LogP contribution >= 0.6 is 24.0 Å². The lowest BCUT2D eigenvalue weighted by molar-refractivity contribution is -0.0496. The maximum Gasteiger partial charge on any atom is 0.511 e. The Morgan fingerprint density at radius 3 is 2.11 bits per heavy atom. The molecular formula is C16H32F3IN4O3S. The fraction of sp³-hybridized carbons (Fsp3) is 0.938. The van der Waals surface area contributed by atoms with Crippen molar-refractivity contribution in [3.8, 4) is 0 Å². The summed E-state index contributed by atoms with van der Waals surface area (Å²) in [5.41, 5.74) is -6.11. The zero-order valence-corrected chi connectivity index (χ0v) is 19.7. The summed E-state index contributed by atoms with van der Waals surface area (Å²) in [4.78, 5) is 4.39. The molecule has 0 radical (unpaired) electrons. The maximum absolute atomic E-state index is 12.6. The number of aliphatic imine (C=N–C) groups is 1. The minimum atomic E-state index is -5.25. The SMILES string of the molecule is CCNC(=NCC(O)(CC)CC)NCC1CCN(S(=O)(=O)C(F)(F)F)CC1.I. The Morgan fingerprint density at radius 1 is 1.14 bits per heavy atom. The number of hydrogen-bond donors (Lipinski definition) is 3. The van der Waals surface area contributed by atoms with Crippen LogP contribution in [0.5, 0.6) is 0 Å². The third-order valence-electron chi connectivity index (χ3n) is 4.96. The van der Waals surface area contributed by atoms with Gasteiger partial charge in [-0.1, -0.05) is 13.8 Å². The number of alkyl halides is 3. The van der Waals surface area contributed by atoms with E-state index in [1.54, 1.807) is 0 Å². The van der Waals surface area contributed by atoms with Crippen molar-refractivity contribution in [1.29, 1.82) is 0 Å². The van der Waals surface area contributed by atoms with Crippen molar-refractivity contribution in [2.24, 2.45) is 10.9 Å². The van der Waals surface area contributed by atoms with E-state index in [1.165, 1.54) is 0 Å². The van der Waals surface area contributed by atoms with Gasteiger partial charge in [-0.25, -0.2) is 8.42 Å². The summed E-state index contributed by atoms with van der Waals surface area (Å²) < 4.78 is 61.2. The van der Waals surface area contributed by atoms with Crippen molar-refractivity contribution in [2.45, 2.75) is 57.6 Å². The molecule has 0 aromatic heterocycles. The molecule has 1 rings (SSSR count). The highest BCUT2D eigenvalue weighted by Gasteiger charge is 2.50. The van der Waals surface area contributed by atoms with Crippen LogP contribution in [0.25, 0.3) is 0 Å². The van der Waals surface area contributed by atoms with Crippen molar-refractivity contribution in [3.63, 3.8) is 0 Å². The quantitative estimate of drug-likeness (QED) is 0.248. The summed E-state index contributed by atoms with van der Waals surface area (Å²) in [7, 11) is -5.24. The van der Waals surface area contributed by atoms with Crippen molar-refractivity contribution in [1.82, 2.24) is 14.9 Å². The van der Waals surface area contributed by atoms with Crippen LogP contribution in [0.3, 0.4) is 0 Å². The minimum absolute atomic E-state index is 0. The number of halogens is 4. The topological polar surface area (TPSA) is 94.0 Å². The molecule has 0 amide bonds. The Morgan fingerprint density at radius 2 is 1.68 bits per heavy atom. The first-order chi connectivity index (χ1) is 12.5. The molecule has 1 fully saturated rings. The van der Waals surface area contributed by atoms with Gasteiger partial charge in [-0.2, -0.15) is 17.5 Å². The van der Waals surface area contributed by atoms with Crippen LogP contribution in [0.2, 0.25) is 0 Å².